The first-order chi connectivity index (χ1) is 10.0. The highest BCUT2D eigenvalue weighted by atomic mass is 19.3. The number of ether oxygens (including phenoxy) is 2. The van der Waals surface area contributed by atoms with Crippen molar-refractivity contribution in [2.45, 2.75) is 57.9 Å². The molecule has 118 valence electrons. The molecule has 1 aromatic rings. The van der Waals surface area contributed by atoms with Crippen LogP contribution in [0.5, 0.6) is 5.75 Å². The Balaban J connectivity index is 1.74. The highest BCUT2D eigenvalue weighted by Crippen LogP contribution is 2.17. The Morgan fingerprint density at radius 1 is 1.33 bits per heavy atom. The minimum atomic E-state index is -2.77. The molecule has 0 aromatic heterocycles. The van der Waals surface area contributed by atoms with Gasteiger partial charge in [0.2, 0.25) is 0 Å². The van der Waals surface area contributed by atoms with Crippen molar-refractivity contribution < 1.29 is 18.3 Å². The molecule has 0 spiro atoms. The molecule has 3 nitrogen and oxygen atoms in total. The van der Waals surface area contributed by atoms with Crippen molar-refractivity contribution in [3.05, 3.63) is 29.8 Å². The van der Waals surface area contributed by atoms with Gasteiger partial charge in [0, 0.05) is 18.7 Å². The van der Waals surface area contributed by atoms with Crippen LogP contribution < -0.4 is 10.1 Å². The quantitative estimate of drug-likeness (QED) is 0.837. The number of hydrogen-bond acceptors (Lipinski definition) is 3. The molecule has 21 heavy (non-hydrogen) atoms. The number of rotatable bonds is 7. The SMILES string of the molecule is CC(CCc1ccc(OC(F)F)cc1)NC1CCOC1C. The number of aryl methyl sites for hydroxylation is 1. The maximum Gasteiger partial charge on any atom is 0.387 e. The van der Waals surface area contributed by atoms with E-state index in [0.29, 0.717) is 12.1 Å². The summed E-state index contributed by atoms with van der Waals surface area (Å²) in [5, 5.41) is 3.59. The third-order valence-electron chi connectivity index (χ3n) is 3.89. The molecule has 0 amide bonds. The van der Waals surface area contributed by atoms with Gasteiger partial charge < -0.3 is 14.8 Å². The van der Waals surface area contributed by atoms with Crippen LogP contribution in [0.1, 0.15) is 32.3 Å². The molecule has 1 N–H and O–H groups in total. The summed E-state index contributed by atoms with van der Waals surface area (Å²) in [5.41, 5.74) is 1.13. The van der Waals surface area contributed by atoms with Crippen LogP contribution in [-0.4, -0.2) is 31.4 Å². The van der Waals surface area contributed by atoms with Gasteiger partial charge in [-0.3, -0.25) is 0 Å². The third-order valence-corrected chi connectivity index (χ3v) is 3.89. The molecule has 0 bridgehead atoms. The molecule has 1 aliphatic rings. The molecule has 1 fully saturated rings. The van der Waals surface area contributed by atoms with Gasteiger partial charge in [-0.2, -0.15) is 8.78 Å². The zero-order valence-corrected chi connectivity index (χ0v) is 12.5. The van der Waals surface area contributed by atoms with E-state index in [2.05, 4.69) is 23.9 Å². The summed E-state index contributed by atoms with van der Waals surface area (Å²) < 4.78 is 34.0. The highest BCUT2D eigenvalue weighted by Gasteiger charge is 2.24. The van der Waals surface area contributed by atoms with Crippen molar-refractivity contribution in [3.63, 3.8) is 0 Å². The summed E-state index contributed by atoms with van der Waals surface area (Å²) in [7, 11) is 0. The van der Waals surface area contributed by atoms with Gasteiger partial charge in [0.25, 0.3) is 0 Å². The van der Waals surface area contributed by atoms with E-state index < -0.39 is 6.61 Å². The fraction of sp³-hybridized carbons (Fsp3) is 0.625. The van der Waals surface area contributed by atoms with E-state index in [-0.39, 0.29) is 11.9 Å². The molecule has 0 saturated carbocycles. The Bertz CT molecular complexity index is 425. The van der Waals surface area contributed by atoms with Crippen LogP contribution in [0, 0.1) is 0 Å². The van der Waals surface area contributed by atoms with Gasteiger partial charge in [-0.05, 0) is 50.8 Å². The predicted octanol–water partition coefficient (Wildman–Crippen LogP) is 3.38. The summed E-state index contributed by atoms with van der Waals surface area (Å²) >= 11 is 0. The maximum absolute atomic E-state index is 12.1. The second kappa shape index (κ2) is 7.71. The largest absolute Gasteiger partial charge is 0.435 e. The van der Waals surface area contributed by atoms with Crippen LogP contribution in [0.4, 0.5) is 8.78 Å². The van der Waals surface area contributed by atoms with Gasteiger partial charge in [-0.15, -0.1) is 0 Å². The molecule has 0 radical (unpaired) electrons. The van der Waals surface area contributed by atoms with Crippen LogP contribution in [0.15, 0.2) is 24.3 Å². The Hall–Kier alpha value is -1.20. The highest BCUT2D eigenvalue weighted by molar-refractivity contribution is 5.27. The first-order valence-corrected chi connectivity index (χ1v) is 7.46. The van der Waals surface area contributed by atoms with E-state index in [1.807, 2.05) is 12.1 Å². The smallest absolute Gasteiger partial charge is 0.387 e. The molecule has 1 saturated heterocycles. The van der Waals surface area contributed by atoms with Crippen molar-refractivity contribution in [1.29, 1.82) is 0 Å². The van der Waals surface area contributed by atoms with Crippen molar-refractivity contribution >= 4 is 0 Å². The summed E-state index contributed by atoms with van der Waals surface area (Å²) in [6.45, 7) is 2.32. The normalized spacial score (nSPS) is 23.5. The van der Waals surface area contributed by atoms with Crippen LogP contribution in [0.2, 0.25) is 0 Å². The molecule has 5 heteroatoms. The number of halogens is 2. The van der Waals surface area contributed by atoms with E-state index in [4.69, 9.17) is 4.74 Å². The van der Waals surface area contributed by atoms with Crippen LogP contribution >= 0.6 is 0 Å². The van der Waals surface area contributed by atoms with Crippen molar-refractivity contribution in [2.24, 2.45) is 0 Å². The van der Waals surface area contributed by atoms with Crippen LogP contribution in [0.3, 0.4) is 0 Å². The summed E-state index contributed by atoms with van der Waals surface area (Å²) in [6, 6.07) is 7.69. The topological polar surface area (TPSA) is 30.5 Å². The molecule has 3 unspecified atom stereocenters. The fourth-order valence-corrected chi connectivity index (χ4v) is 2.62. The number of nitrogens with one attached hydrogen (secondary N) is 1. The lowest BCUT2D eigenvalue weighted by Gasteiger charge is -2.21. The monoisotopic (exact) mass is 299 g/mol. The number of alkyl halides is 2. The summed E-state index contributed by atoms with van der Waals surface area (Å²) in [4.78, 5) is 0. The van der Waals surface area contributed by atoms with Crippen molar-refractivity contribution in [3.8, 4) is 5.75 Å². The summed E-state index contributed by atoms with van der Waals surface area (Å²) in [6.07, 6.45) is 3.24. The fourth-order valence-electron chi connectivity index (χ4n) is 2.62. The standard InChI is InChI=1S/C16H23F2NO2/c1-11(19-15-9-10-20-12(15)2)3-4-13-5-7-14(8-6-13)21-16(17)18/h5-8,11-12,15-16,19H,3-4,9-10H2,1-2H3. The Morgan fingerprint density at radius 2 is 2.05 bits per heavy atom. The molecule has 1 aromatic carbocycles. The van der Waals surface area contributed by atoms with Gasteiger partial charge in [-0.1, -0.05) is 12.1 Å². The minimum absolute atomic E-state index is 0.205. The van der Waals surface area contributed by atoms with Crippen molar-refractivity contribution in [1.82, 2.24) is 5.32 Å². The first kappa shape index (κ1) is 16.2. The Morgan fingerprint density at radius 3 is 2.62 bits per heavy atom. The van der Waals surface area contributed by atoms with Gasteiger partial charge >= 0.3 is 6.61 Å². The van der Waals surface area contributed by atoms with Crippen LogP contribution in [0.25, 0.3) is 0 Å². The van der Waals surface area contributed by atoms with Gasteiger partial charge in [0.05, 0.1) is 6.10 Å². The molecular weight excluding hydrogens is 276 g/mol. The lowest BCUT2D eigenvalue weighted by Crippen LogP contribution is -2.40. The van der Waals surface area contributed by atoms with Crippen molar-refractivity contribution in [2.75, 3.05) is 6.61 Å². The van der Waals surface area contributed by atoms with Gasteiger partial charge in [0.1, 0.15) is 5.75 Å². The number of benzene rings is 1. The molecule has 2 rings (SSSR count). The average Bonchev–Trinajstić information content (AvgIpc) is 2.83. The Kier molecular flexibility index (Phi) is 5.94. The molecule has 1 heterocycles. The van der Waals surface area contributed by atoms with E-state index in [9.17, 15) is 8.78 Å². The predicted molar refractivity (Wildman–Crippen MR) is 77.8 cm³/mol. The molecular formula is C16H23F2NO2. The number of hydrogen-bond donors (Lipinski definition) is 1. The molecule has 0 aliphatic carbocycles. The summed E-state index contributed by atoms with van der Waals surface area (Å²) in [5.74, 6) is 0.205. The average molecular weight is 299 g/mol. The second-order valence-corrected chi connectivity index (χ2v) is 5.60. The molecule has 3 atom stereocenters. The molecule has 1 aliphatic heterocycles. The zero-order chi connectivity index (χ0) is 15.2. The first-order valence-electron chi connectivity index (χ1n) is 7.46. The lowest BCUT2D eigenvalue weighted by atomic mass is 10.0. The maximum atomic E-state index is 12.1. The van der Waals surface area contributed by atoms with Gasteiger partial charge in [0.15, 0.2) is 0 Å². The van der Waals surface area contributed by atoms with E-state index >= 15 is 0 Å². The third kappa shape index (κ3) is 5.25. The van der Waals surface area contributed by atoms with E-state index in [0.717, 1.165) is 31.4 Å². The van der Waals surface area contributed by atoms with Crippen LogP contribution in [-0.2, 0) is 11.2 Å². The Labute approximate surface area is 124 Å². The van der Waals surface area contributed by atoms with E-state index in [1.165, 1.54) is 0 Å². The van der Waals surface area contributed by atoms with E-state index in [1.54, 1.807) is 12.1 Å². The zero-order valence-electron chi connectivity index (χ0n) is 12.5. The second-order valence-electron chi connectivity index (χ2n) is 5.60. The van der Waals surface area contributed by atoms with Gasteiger partial charge in [-0.25, -0.2) is 0 Å². The minimum Gasteiger partial charge on any atom is -0.435 e. The lowest BCUT2D eigenvalue weighted by molar-refractivity contribution is -0.0498.